The molecule has 0 saturated carbocycles. The van der Waals surface area contributed by atoms with Crippen molar-refractivity contribution in [1.82, 2.24) is 4.98 Å². The van der Waals surface area contributed by atoms with E-state index in [9.17, 15) is 5.11 Å². The number of aromatic hydroxyl groups is 2. The lowest BCUT2D eigenvalue weighted by atomic mass is 10.2. The minimum Gasteiger partial charge on any atom is -0.504 e. The molecular formula is C9H10Br3NO2. The summed E-state index contributed by atoms with van der Waals surface area (Å²) in [5, 5.41) is 19.1. The molecule has 3 nitrogen and oxygen atoms in total. The van der Waals surface area contributed by atoms with Gasteiger partial charge in [0.25, 0.3) is 0 Å². The van der Waals surface area contributed by atoms with E-state index in [1.165, 1.54) is 6.07 Å². The highest BCUT2D eigenvalue weighted by atomic mass is 79.9. The molecule has 1 heterocycles. The highest BCUT2D eigenvalue weighted by Gasteiger charge is 2.03. The average Bonchev–Trinajstić information content (AvgIpc) is 2.12. The van der Waals surface area contributed by atoms with Gasteiger partial charge in [-0.05, 0) is 24.3 Å². The molecule has 0 bridgehead atoms. The first-order valence-corrected chi connectivity index (χ1v) is 3.55. The molecule has 84 valence electrons. The molecular weight excluding hydrogens is 394 g/mol. The van der Waals surface area contributed by atoms with Crippen molar-refractivity contribution in [3.05, 3.63) is 30.5 Å². The highest BCUT2D eigenvalue weighted by Crippen LogP contribution is 2.31. The van der Waals surface area contributed by atoms with Crippen molar-refractivity contribution in [3.63, 3.8) is 0 Å². The predicted octanol–water partition coefficient (Wildman–Crippen LogP) is 3.38. The molecule has 1 aromatic carbocycles. The van der Waals surface area contributed by atoms with Gasteiger partial charge in [-0.1, -0.05) is 0 Å². The van der Waals surface area contributed by atoms with Crippen LogP contribution in [0.3, 0.4) is 0 Å². The minimum absolute atomic E-state index is 0. The summed E-state index contributed by atoms with van der Waals surface area (Å²) in [4.78, 5) is 4.01. The van der Waals surface area contributed by atoms with Crippen LogP contribution in [-0.2, 0) is 0 Å². The molecule has 0 aliphatic rings. The SMILES string of the molecule is Br.Br.Br.Oc1ccc2ncccc2c1O. The number of pyridine rings is 1. The Bertz CT molecular complexity index is 437. The predicted molar refractivity (Wildman–Crippen MR) is 76.0 cm³/mol. The molecule has 0 aliphatic heterocycles. The van der Waals surface area contributed by atoms with E-state index in [1.807, 2.05) is 0 Å². The number of fused-ring (bicyclic) bond motifs is 1. The zero-order valence-electron chi connectivity index (χ0n) is 7.45. The van der Waals surface area contributed by atoms with Gasteiger partial charge in [-0.25, -0.2) is 0 Å². The lowest BCUT2D eigenvalue weighted by Crippen LogP contribution is -1.77. The fourth-order valence-electron chi connectivity index (χ4n) is 1.13. The maximum absolute atomic E-state index is 9.37. The molecule has 2 rings (SSSR count). The van der Waals surface area contributed by atoms with Crippen molar-refractivity contribution in [2.75, 3.05) is 0 Å². The second-order valence-corrected chi connectivity index (χ2v) is 2.50. The van der Waals surface area contributed by atoms with Crippen molar-refractivity contribution in [2.45, 2.75) is 0 Å². The van der Waals surface area contributed by atoms with E-state index >= 15 is 0 Å². The number of nitrogens with zero attached hydrogens (tertiary/aromatic N) is 1. The number of halogens is 3. The van der Waals surface area contributed by atoms with Crippen LogP contribution in [-0.4, -0.2) is 15.2 Å². The summed E-state index contributed by atoms with van der Waals surface area (Å²) in [6.07, 6.45) is 1.64. The summed E-state index contributed by atoms with van der Waals surface area (Å²) >= 11 is 0. The summed E-state index contributed by atoms with van der Waals surface area (Å²) in [6.45, 7) is 0. The van der Waals surface area contributed by atoms with E-state index in [-0.39, 0.29) is 62.4 Å². The standard InChI is InChI=1S/C9H7NO2.3BrH/c11-8-4-3-7-6(9(8)12)2-1-5-10-7;;;/h1-5,11-12H;3*1H. The van der Waals surface area contributed by atoms with Gasteiger partial charge in [0, 0.05) is 11.6 Å². The number of rotatable bonds is 0. The molecule has 1 aromatic heterocycles. The molecule has 0 saturated heterocycles. The van der Waals surface area contributed by atoms with E-state index < -0.39 is 0 Å². The van der Waals surface area contributed by atoms with Crippen LogP contribution >= 0.6 is 50.9 Å². The first kappa shape index (κ1) is 17.1. The summed E-state index contributed by atoms with van der Waals surface area (Å²) < 4.78 is 0. The molecule has 6 heteroatoms. The van der Waals surface area contributed by atoms with E-state index in [4.69, 9.17) is 5.11 Å². The van der Waals surface area contributed by atoms with Crippen LogP contribution in [0.1, 0.15) is 0 Å². The zero-order chi connectivity index (χ0) is 8.55. The summed E-state index contributed by atoms with van der Waals surface area (Å²) in [5.41, 5.74) is 0.674. The molecule has 15 heavy (non-hydrogen) atoms. The smallest absolute Gasteiger partial charge is 0.167 e. The van der Waals surface area contributed by atoms with Gasteiger partial charge in [0.05, 0.1) is 5.52 Å². The molecule has 2 N–H and O–H groups in total. The van der Waals surface area contributed by atoms with Gasteiger partial charge in [-0.2, -0.15) is 0 Å². The number of phenols is 2. The van der Waals surface area contributed by atoms with Crippen molar-refractivity contribution in [1.29, 1.82) is 0 Å². The number of benzene rings is 1. The maximum atomic E-state index is 9.37. The summed E-state index contributed by atoms with van der Waals surface area (Å²) in [7, 11) is 0. The van der Waals surface area contributed by atoms with Crippen LogP contribution in [0.5, 0.6) is 11.5 Å². The van der Waals surface area contributed by atoms with Crippen molar-refractivity contribution < 1.29 is 10.2 Å². The zero-order valence-corrected chi connectivity index (χ0v) is 12.6. The number of hydrogen-bond acceptors (Lipinski definition) is 3. The van der Waals surface area contributed by atoms with Gasteiger partial charge >= 0.3 is 0 Å². The van der Waals surface area contributed by atoms with Crippen molar-refractivity contribution in [3.8, 4) is 11.5 Å². The quantitative estimate of drug-likeness (QED) is 0.663. The Morgan fingerprint density at radius 1 is 0.933 bits per heavy atom. The Kier molecular flexibility index (Phi) is 8.00. The fourth-order valence-corrected chi connectivity index (χ4v) is 1.13. The van der Waals surface area contributed by atoms with E-state index in [0.717, 1.165) is 0 Å². The first-order chi connectivity index (χ1) is 5.79. The van der Waals surface area contributed by atoms with Gasteiger partial charge in [0.2, 0.25) is 0 Å². The molecule has 0 atom stereocenters. The number of phenolic OH excluding ortho intramolecular Hbond substituents is 2. The van der Waals surface area contributed by atoms with E-state index in [2.05, 4.69) is 4.98 Å². The molecule has 0 spiro atoms. The topological polar surface area (TPSA) is 53.4 Å². The van der Waals surface area contributed by atoms with Crippen LogP contribution in [0.15, 0.2) is 30.5 Å². The number of aromatic nitrogens is 1. The van der Waals surface area contributed by atoms with Crippen molar-refractivity contribution >= 4 is 61.8 Å². The third kappa shape index (κ3) is 3.32. The Morgan fingerprint density at radius 3 is 2.27 bits per heavy atom. The third-order valence-electron chi connectivity index (χ3n) is 1.74. The monoisotopic (exact) mass is 401 g/mol. The Hall–Kier alpha value is -0.330. The molecule has 0 aliphatic carbocycles. The first-order valence-electron chi connectivity index (χ1n) is 3.55. The van der Waals surface area contributed by atoms with Crippen LogP contribution < -0.4 is 0 Å². The van der Waals surface area contributed by atoms with Gasteiger partial charge in [0.15, 0.2) is 11.5 Å². The van der Waals surface area contributed by atoms with Crippen LogP contribution in [0.2, 0.25) is 0 Å². The summed E-state index contributed by atoms with van der Waals surface area (Å²) in [5.74, 6) is -0.226. The second-order valence-electron chi connectivity index (χ2n) is 2.50. The van der Waals surface area contributed by atoms with Gasteiger partial charge in [0.1, 0.15) is 0 Å². The normalized spacial score (nSPS) is 8.27. The molecule has 0 amide bonds. The highest BCUT2D eigenvalue weighted by molar-refractivity contribution is 8.93. The van der Waals surface area contributed by atoms with Gasteiger partial charge < -0.3 is 10.2 Å². The Morgan fingerprint density at radius 2 is 1.60 bits per heavy atom. The van der Waals surface area contributed by atoms with Crippen molar-refractivity contribution in [2.24, 2.45) is 0 Å². The fraction of sp³-hybridized carbons (Fsp3) is 0. The molecule has 0 radical (unpaired) electrons. The minimum atomic E-state index is -0.115. The van der Waals surface area contributed by atoms with E-state index in [0.29, 0.717) is 10.9 Å². The molecule has 0 fully saturated rings. The molecule has 2 aromatic rings. The number of hydrogen-bond donors (Lipinski definition) is 2. The molecule has 0 unspecified atom stereocenters. The lowest BCUT2D eigenvalue weighted by molar-refractivity contribution is 0.408. The lowest BCUT2D eigenvalue weighted by Gasteiger charge is -2.00. The largest absolute Gasteiger partial charge is 0.504 e. The Labute approximate surface area is 118 Å². The average molecular weight is 404 g/mol. The van der Waals surface area contributed by atoms with Crippen LogP contribution in [0, 0.1) is 0 Å². The summed E-state index contributed by atoms with van der Waals surface area (Å²) in [6, 6.07) is 6.49. The second kappa shape index (κ2) is 7.03. The third-order valence-corrected chi connectivity index (χ3v) is 1.74. The van der Waals surface area contributed by atoms with Gasteiger partial charge in [-0.3, -0.25) is 4.98 Å². The van der Waals surface area contributed by atoms with Crippen LogP contribution in [0.25, 0.3) is 10.9 Å². The van der Waals surface area contributed by atoms with Gasteiger partial charge in [-0.15, -0.1) is 50.9 Å². The van der Waals surface area contributed by atoms with E-state index in [1.54, 1.807) is 24.4 Å². The Balaban J connectivity index is 0. The maximum Gasteiger partial charge on any atom is 0.167 e. The van der Waals surface area contributed by atoms with Crippen LogP contribution in [0.4, 0.5) is 0 Å².